The molecule has 0 aliphatic heterocycles. The molecular weight excluding hydrogens is 254 g/mol. The average Bonchev–Trinajstić information content (AvgIpc) is 2.50. The zero-order valence-electron chi connectivity index (χ0n) is 11.4. The maximum Gasteiger partial charge on any atom is 0.200 e. The van der Waals surface area contributed by atoms with Crippen LogP contribution in [0.25, 0.3) is 21.8 Å². The lowest BCUT2D eigenvalue weighted by Crippen LogP contribution is -2.11. The highest BCUT2D eigenvalue weighted by atomic mass is 16.7. The lowest BCUT2D eigenvalue weighted by atomic mass is 10.1. The van der Waals surface area contributed by atoms with E-state index in [4.69, 9.17) is 9.47 Å². The van der Waals surface area contributed by atoms with E-state index in [9.17, 15) is 4.79 Å². The third-order valence-corrected chi connectivity index (χ3v) is 3.43. The standard InChI is InChI=1S/C16H15NO3/c1-17-12-7-4-3-6-11(12)16(18)15-13(17)8-5-9-14(15)20-10-19-2/h3-9H,10H2,1-2H3. The zero-order chi connectivity index (χ0) is 14.1. The minimum absolute atomic E-state index is 0.0135. The van der Waals surface area contributed by atoms with Gasteiger partial charge < -0.3 is 14.0 Å². The van der Waals surface area contributed by atoms with Gasteiger partial charge in [-0.2, -0.15) is 0 Å². The molecule has 4 nitrogen and oxygen atoms in total. The van der Waals surface area contributed by atoms with Crippen LogP contribution in [0.2, 0.25) is 0 Å². The first-order valence-electron chi connectivity index (χ1n) is 6.36. The Kier molecular flexibility index (Phi) is 3.16. The summed E-state index contributed by atoms with van der Waals surface area (Å²) in [4.78, 5) is 12.7. The van der Waals surface area contributed by atoms with E-state index >= 15 is 0 Å². The topological polar surface area (TPSA) is 40.5 Å². The van der Waals surface area contributed by atoms with Crippen molar-refractivity contribution >= 4 is 21.8 Å². The van der Waals surface area contributed by atoms with Crippen LogP contribution < -0.4 is 10.2 Å². The summed E-state index contributed by atoms with van der Waals surface area (Å²) in [5, 5.41) is 1.28. The van der Waals surface area contributed by atoms with Gasteiger partial charge in [0, 0.05) is 19.5 Å². The molecule has 102 valence electrons. The van der Waals surface area contributed by atoms with Crippen molar-refractivity contribution in [2.45, 2.75) is 0 Å². The Morgan fingerprint density at radius 2 is 1.80 bits per heavy atom. The first kappa shape index (κ1) is 12.7. The Morgan fingerprint density at radius 3 is 2.60 bits per heavy atom. The predicted molar refractivity (Wildman–Crippen MR) is 79.2 cm³/mol. The minimum Gasteiger partial charge on any atom is -0.467 e. The number of hydrogen-bond donors (Lipinski definition) is 0. The summed E-state index contributed by atoms with van der Waals surface area (Å²) in [5.41, 5.74) is 1.75. The van der Waals surface area contributed by atoms with Crippen LogP contribution >= 0.6 is 0 Å². The van der Waals surface area contributed by atoms with Gasteiger partial charge in [0.05, 0.1) is 16.4 Å². The number of benzene rings is 2. The number of methoxy groups -OCH3 is 1. The fourth-order valence-corrected chi connectivity index (χ4v) is 2.49. The Morgan fingerprint density at radius 1 is 1.05 bits per heavy atom. The number of ether oxygens (including phenoxy) is 2. The normalized spacial score (nSPS) is 11.1. The second kappa shape index (κ2) is 4.98. The van der Waals surface area contributed by atoms with Gasteiger partial charge in [0.25, 0.3) is 0 Å². The molecule has 20 heavy (non-hydrogen) atoms. The highest BCUT2D eigenvalue weighted by Gasteiger charge is 2.12. The summed E-state index contributed by atoms with van der Waals surface area (Å²) in [6, 6.07) is 13.2. The molecule has 0 unspecified atom stereocenters. The molecule has 0 aliphatic rings. The molecule has 0 radical (unpaired) electrons. The molecule has 2 aromatic carbocycles. The van der Waals surface area contributed by atoms with Gasteiger partial charge in [-0.05, 0) is 24.3 Å². The van der Waals surface area contributed by atoms with E-state index in [0.29, 0.717) is 16.5 Å². The number of aromatic nitrogens is 1. The number of fused-ring (bicyclic) bond motifs is 2. The fraction of sp³-hybridized carbons (Fsp3) is 0.188. The largest absolute Gasteiger partial charge is 0.467 e. The van der Waals surface area contributed by atoms with Crippen molar-refractivity contribution in [1.82, 2.24) is 4.57 Å². The third kappa shape index (κ3) is 1.85. The highest BCUT2D eigenvalue weighted by molar-refractivity contribution is 5.96. The summed E-state index contributed by atoms with van der Waals surface area (Å²) in [6.45, 7) is 0.120. The number of nitrogens with zero attached hydrogens (tertiary/aromatic N) is 1. The van der Waals surface area contributed by atoms with Crippen molar-refractivity contribution in [3.63, 3.8) is 0 Å². The molecule has 0 bridgehead atoms. The third-order valence-electron chi connectivity index (χ3n) is 3.43. The molecule has 0 aliphatic carbocycles. The predicted octanol–water partition coefficient (Wildman–Crippen LogP) is 2.67. The summed E-state index contributed by atoms with van der Waals surface area (Å²) in [7, 11) is 3.50. The lowest BCUT2D eigenvalue weighted by Gasteiger charge is -2.13. The number of hydrogen-bond acceptors (Lipinski definition) is 3. The first-order valence-corrected chi connectivity index (χ1v) is 6.36. The van der Waals surface area contributed by atoms with Crippen molar-refractivity contribution in [3.05, 3.63) is 52.7 Å². The van der Waals surface area contributed by atoms with E-state index in [1.807, 2.05) is 48.0 Å². The van der Waals surface area contributed by atoms with Gasteiger partial charge in [0.15, 0.2) is 6.79 Å². The van der Waals surface area contributed by atoms with Crippen LogP contribution in [0.4, 0.5) is 0 Å². The molecule has 0 fully saturated rings. The molecular formula is C16H15NO3. The van der Waals surface area contributed by atoms with Crippen molar-refractivity contribution in [2.24, 2.45) is 7.05 Å². The molecule has 0 saturated heterocycles. The van der Waals surface area contributed by atoms with E-state index < -0.39 is 0 Å². The van der Waals surface area contributed by atoms with Crippen molar-refractivity contribution in [1.29, 1.82) is 0 Å². The summed E-state index contributed by atoms with van der Waals surface area (Å²) >= 11 is 0. The number of pyridine rings is 1. The van der Waals surface area contributed by atoms with Crippen LogP contribution in [0.5, 0.6) is 5.75 Å². The quantitative estimate of drug-likeness (QED) is 0.542. The Hall–Kier alpha value is -2.33. The highest BCUT2D eigenvalue weighted by Crippen LogP contribution is 2.25. The Labute approximate surface area is 116 Å². The van der Waals surface area contributed by atoms with Crippen molar-refractivity contribution in [3.8, 4) is 5.75 Å². The van der Waals surface area contributed by atoms with Gasteiger partial charge in [-0.3, -0.25) is 4.79 Å². The molecule has 4 heteroatoms. The van der Waals surface area contributed by atoms with E-state index in [2.05, 4.69) is 0 Å². The average molecular weight is 269 g/mol. The van der Waals surface area contributed by atoms with E-state index in [0.717, 1.165) is 11.0 Å². The van der Waals surface area contributed by atoms with Gasteiger partial charge in [0.1, 0.15) is 5.75 Å². The molecule has 0 spiro atoms. The molecule has 0 saturated carbocycles. The van der Waals surface area contributed by atoms with Gasteiger partial charge in [0.2, 0.25) is 5.43 Å². The number of aryl methyl sites for hydroxylation is 1. The van der Waals surface area contributed by atoms with Crippen molar-refractivity contribution in [2.75, 3.05) is 13.9 Å². The molecule has 3 rings (SSSR count). The number of para-hydroxylation sites is 1. The Balaban J connectivity index is 2.43. The van der Waals surface area contributed by atoms with Crippen LogP contribution in [0.1, 0.15) is 0 Å². The molecule has 0 N–H and O–H groups in total. The van der Waals surface area contributed by atoms with E-state index in [1.54, 1.807) is 13.2 Å². The second-order valence-electron chi connectivity index (χ2n) is 4.61. The molecule has 3 aromatic rings. The Bertz CT molecular complexity index is 836. The van der Waals surface area contributed by atoms with Gasteiger partial charge in [-0.1, -0.05) is 18.2 Å². The molecule has 0 amide bonds. The minimum atomic E-state index is -0.0135. The summed E-state index contributed by atoms with van der Waals surface area (Å²) < 4.78 is 12.4. The molecule has 1 aromatic heterocycles. The van der Waals surface area contributed by atoms with Gasteiger partial charge in [-0.25, -0.2) is 0 Å². The van der Waals surface area contributed by atoms with E-state index in [-0.39, 0.29) is 12.2 Å². The van der Waals surface area contributed by atoms with Crippen LogP contribution in [0.3, 0.4) is 0 Å². The number of rotatable bonds is 3. The SMILES string of the molecule is COCOc1cccc2c1c(=O)c1ccccc1n2C. The van der Waals surface area contributed by atoms with Crippen LogP contribution in [-0.2, 0) is 11.8 Å². The maximum absolute atomic E-state index is 12.7. The maximum atomic E-state index is 12.7. The monoisotopic (exact) mass is 269 g/mol. The van der Waals surface area contributed by atoms with Gasteiger partial charge >= 0.3 is 0 Å². The second-order valence-corrected chi connectivity index (χ2v) is 4.61. The fourth-order valence-electron chi connectivity index (χ4n) is 2.49. The molecule has 0 atom stereocenters. The zero-order valence-corrected chi connectivity index (χ0v) is 11.4. The molecule has 1 heterocycles. The van der Waals surface area contributed by atoms with Crippen LogP contribution in [0, 0.1) is 0 Å². The summed E-state index contributed by atoms with van der Waals surface area (Å²) in [6.07, 6.45) is 0. The summed E-state index contributed by atoms with van der Waals surface area (Å²) in [5.74, 6) is 0.552. The van der Waals surface area contributed by atoms with Crippen LogP contribution in [-0.4, -0.2) is 18.5 Å². The first-order chi connectivity index (χ1) is 9.74. The van der Waals surface area contributed by atoms with E-state index in [1.165, 1.54) is 0 Å². The van der Waals surface area contributed by atoms with Crippen LogP contribution in [0.15, 0.2) is 47.3 Å². The smallest absolute Gasteiger partial charge is 0.200 e. The van der Waals surface area contributed by atoms with Gasteiger partial charge in [-0.15, -0.1) is 0 Å². The lowest BCUT2D eigenvalue weighted by molar-refractivity contribution is 0.0522. The van der Waals surface area contributed by atoms with Crippen molar-refractivity contribution < 1.29 is 9.47 Å².